The summed E-state index contributed by atoms with van der Waals surface area (Å²) in [6.45, 7) is 1.66. The van der Waals surface area contributed by atoms with Gasteiger partial charge in [0.1, 0.15) is 5.82 Å². The van der Waals surface area contributed by atoms with Crippen LogP contribution in [0, 0.1) is 5.41 Å². The molecule has 3 aromatic rings. The van der Waals surface area contributed by atoms with E-state index in [1.165, 1.54) is 6.20 Å². The number of rotatable bonds is 6. The highest BCUT2D eigenvalue weighted by molar-refractivity contribution is 5.36. The first kappa shape index (κ1) is 18.7. The summed E-state index contributed by atoms with van der Waals surface area (Å²) >= 11 is 0. The van der Waals surface area contributed by atoms with Crippen molar-refractivity contribution in [3.63, 3.8) is 0 Å². The van der Waals surface area contributed by atoms with Crippen molar-refractivity contribution in [3.05, 3.63) is 66.0 Å². The summed E-state index contributed by atoms with van der Waals surface area (Å²) in [5, 5.41) is 15.0. The Morgan fingerprint density at radius 2 is 1.93 bits per heavy atom. The maximum absolute atomic E-state index is 13.1. The number of hydrogen-bond donors (Lipinski definition) is 2. The van der Waals surface area contributed by atoms with Crippen molar-refractivity contribution in [1.29, 1.82) is 0 Å². The van der Waals surface area contributed by atoms with E-state index in [2.05, 4.69) is 15.1 Å². The van der Waals surface area contributed by atoms with E-state index in [4.69, 9.17) is 0 Å². The van der Waals surface area contributed by atoms with Gasteiger partial charge in [-0.25, -0.2) is 9.67 Å². The Hall–Kier alpha value is -2.61. The number of nitrogens with zero attached hydrogens (tertiary/aromatic N) is 3. The summed E-state index contributed by atoms with van der Waals surface area (Å²) in [6, 6.07) is 9.14. The minimum atomic E-state index is -4.19. The van der Waals surface area contributed by atoms with Crippen LogP contribution in [0.3, 0.4) is 0 Å². The van der Waals surface area contributed by atoms with Crippen LogP contribution in [0.15, 0.2) is 48.9 Å². The van der Waals surface area contributed by atoms with Crippen LogP contribution < -0.4 is 0 Å². The van der Waals surface area contributed by atoms with Crippen LogP contribution in [-0.4, -0.2) is 31.0 Å². The van der Waals surface area contributed by atoms with E-state index in [0.717, 1.165) is 5.69 Å². The van der Waals surface area contributed by atoms with Gasteiger partial charge in [0.2, 0.25) is 0 Å². The number of alkyl halides is 3. The number of hydrogen-bond acceptors (Lipinski definition) is 3. The number of halogens is 3. The van der Waals surface area contributed by atoms with Crippen molar-refractivity contribution in [2.24, 2.45) is 5.41 Å². The second-order valence-electron chi connectivity index (χ2n) is 7.76. The van der Waals surface area contributed by atoms with Gasteiger partial charge in [-0.2, -0.15) is 18.3 Å². The van der Waals surface area contributed by atoms with Gasteiger partial charge in [0, 0.05) is 37.1 Å². The lowest BCUT2D eigenvalue weighted by Gasteiger charge is -2.23. The molecule has 1 aliphatic carbocycles. The number of aromatic amines is 1. The van der Waals surface area contributed by atoms with Gasteiger partial charge in [0.25, 0.3) is 0 Å². The minimum Gasteiger partial charge on any atom is -0.385 e. The Morgan fingerprint density at radius 3 is 2.50 bits per heavy atom. The van der Waals surface area contributed by atoms with Gasteiger partial charge in [-0.15, -0.1) is 0 Å². The molecule has 0 saturated heterocycles. The maximum atomic E-state index is 13.1. The SMILES string of the molecule is C[C@@](O)(Cc1ncc(CC2(C(F)(F)F)CC2)[nH]1)c1ccc(-n2cccn2)cc1. The van der Waals surface area contributed by atoms with Crippen LogP contribution in [0.25, 0.3) is 5.69 Å². The predicted octanol–water partition coefficient (Wildman–Crippen LogP) is 3.93. The summed E-state index contributed by atoms with van der Waals surface area (Å²) in [4.78, 5) is 7.14. The zero-order valence-corrected chi connectivity index (χ0v) is 15.4. The zero-order chi connectivity index (χ0) is 20.0. The third kappa shape index (κ3) is 3.56. The Kier molecular flexibility index (Phi) is 4.33. The van der Waals surface area contributed by atoms with Crippen molar-refractivity contribution in [2.75, 3.05) is 0 Å². The van der Waals surface area contributed by atoms with E-state index in [9.17, 15) is 18.3 Å². The molecule has 1 saturated carbocycles. The van der Waals surface area contributed by atoms with E-state index in [-0.39, 0.29) is 25.7 Å². The molecule has 4 rings (SSSR count). The summed E-state index contributed by atoms with van der Waals surface area (Å²) < 4.78 is 41.1. The van der Waals surface area contributed by atoms with E-state index >= 15 is 0 Å². The first-order valence-electron chi connectivity index (χ1n) is 9.11. The van der Waals surface area contributed by atoms with Crippen LogP contribution >= 0.6 is 0 Å². The van der Waals surface area contributed by atoms with Crippen LogP contribution in [0.5, 0.6) is 0 Å². The number of aromatic nitrogens is 4. The quantitative estimate of drug-likeness (QED) is 0.670. The normalized spacial score (nSPS) is 18.0. The van der Waals surface area contributed by atoms with Gasteiger partial charge < -0.3 is 10.1 Å². The molecule has 2 aromatic heterocycles. The molecule has 0 unspecified atom stereocenters. The molecule has 0 bridgehead atoms. The van der Waals surface area contributed by atoms with Crippen molar-refractivity contribution in [1.82, 2.24) is 19.7 Å². The molecule has 2 N–H and O–H groups in total. The maximum Gasteiger partial charge on any atom is 0.394 e. The largest absolute Gasteiger partial charge is 0.394 e. The average Bonchev–Trinajstić information content (AvgIpc) is 3.04. The molecule has 2 heterocycles. The highest BCUT2D eigenvalue weighted by Gasteiger charge is 2.62. The summed E-state index contributed by atoms with van der Waals surface area (Å²) in [6.07, 6.45) is 1.15. The number of imidazole rings is 1. The fraction of sp³-hybridized carbons (Fsp3) is 0.400. The van der Waals surface area contributed by atoms with Crippen molar-refractivity contribution in [3.8, 4) is 5.69 Å². The van der Waals surface area contributed by atoms with E-state index in [1.54, 1.807) is 17.8 Å². The highest BCUT2D eigenvalue weighted by atomic mass is 19.4. The highest BCUT2D eigenvalue weighted by Crippen LogP contribution is 2.59. The van der Waals surface area contributed by atoms with Crippen molar-refractivity contribution < 1.29 is 18.3 Å². The summed E-state index contributed by atoms with van der Waals surface area (Å²) in [5.74, 6) is 0.467. The molecular weight excluding hydrogens is 369 g/mol. The zero-order valence-electron chi connectivity index (χ0n) is 15.4. The molecule has 0 spiro atoms. The standard InChI is InChI=1S/C20H21F3N4O/c1-18(28,14-3-5-16(6-4-14)27-10-2-9-25-27)12-17-24-13-15(26-17)11-19(7-8-19)20(21,22)23/h2-6,9-10,13,28H,7-8,11-12H2,1H3,(H,24,26)/t18-/m1/s1. The first-order valence-corrected chi connectivity index (χ1v) is 9.11. The number of nitrogens with one attached hydrogen (secondary N) is 1. The van der Waals surface area contributed by atoms with Gasteiger partial charge in [-0.05, 0) is 43.5 Å². The van der Waals surface area contributed by atoms with E-state index in [1.807, 2.05) is 36.5 Å². The molecule has 28 heavy (non-hydrogen) atoms. The van der Waals surface area contributed by atoms with Gasteiger partial charge in [-0.3, -0.25) is 0 Å². The number of aliphatic hydroxyl groups is 1. The lowest BCUT2D eigenvalue weighted by atomic mass is 9.92. The Balaban J connectivity index is 1.46. The summed E-state index contributed by atoms with van der Waals surface area (Å²) in [5.41, 5.74) is -0.808. The van der Waals surface area contributed by atoms with E-state index < -0.39 is 17.2 Å². The topological polar surface area (TPSA) is 66.7 Å². The summed E-state index contributed by atoms with van der Waals surface area (Å²) in [7, 11) is 0. The molecule has 0 radical (unpaired) electrons. The third-order valence-corrected chi connectivity index (χ3v) is 5.43. The predicted molar refractivity (Wildman–Crippen MR) is 96.9 cm³/mol. The molecule has 1 atom stereocenters. The van der Waals surface area contributed by atoms with Gasteiger partial charge in [0.15, 0.2) is 0 Å². The Labute approximate surface area is 160 Å². The van der Waals surface area contributed by atoms with Gasteiger partial charge >= 0.3 is 6.18 Å². The fourth-order valence-corrected chi connectivity index (χ4v) is 3.48. The first-order chi connectivity index (χ1) is 13.2. The van der Waals surface area contributed by atoms with Crippen LogP contribution in [0.2, 0.25) is 0 Å². The van der Waals surface area contributed by atoms with E-state index in [0.29, 0.717) is 17.1 Å². The van der Waals surface area contributed by atoms with Gasteiger partial charge in [-0.1, -0.05) is 12.1 Å². The molecule has 0 amide bonds. The molecule has 0 aliphatic heterocycles. The lowest BCUT2D eigenvalue weighted by Crippen LogP contribution is -2.27. The van der Waals surface area contributed by atoms with Crippen LogP contribution in [0.1, 0.15) is 36.8 Å². The molecule has 1 fully saturated rings. The molecule has 1 aromatic carbocycles. The van der Waals surface area contributed by atoms with Crippen LogP contribution in [-0.2, 0) is 18.4 Å². The Bertz CT molecular complexity index is 939. The molecule has 5 nitrogen and oxygen atoms in total. The lowest BCUT2D eigenvalue weighted by molar-refractivity contribution is -0.186. The van der Waals surface area contributed by atoms with Crippen LogP contribution in [0.4, 0.5) is 13.2 Å². The monoisotopic (exact) mass is 390 g/mol. The molecule has 148 valence electrons. The molecule has 1 aliphatic rings. The average molecular weight is 390 g/mol. The van der Waals surface area contributed by atoms with Gasteiger partial charge in [0.05, 0.1) is 16.7 Å². The Morgan fingerprint density at radius 1 is 1.21 bits per heavy atom. The second kappa shape index (κ2) is 6.48. The molecular formula is C20H21F3N4O. The van der Waals surface area contributed by atoms with Crippen molar-refractivity contribution >= 4 is 0 Å². The number of benzene rings is 1. The third-order valence-electron chi connectivity index (χ3n) is 5.43. The number of H-pyrrole nitrogens is 1. The molecule has 8 heteroatoms. The smallest absolute Gasteiger partial charge is 0.385 e. The fourth-order valence-electron chi connectivity index (χ4n) is 3.48. The minimum absolute atomic E-state index is 0.0930. The van der Waals surface area contributed by atoms with Crippen molar-refractivity contribution in [2.45, 2.75) is 44.4 Å². The second-order valence-corrected chi connectivity index (χ2v) is 7.76.